The van der Waals surface area contributed by atoms with E-state index in [4.69, 9.17) is 5.11 Å². The van der Waals surface area contributed by atoms with Crippen molar-refractivity contribution in [3.8, 4) is 0 Å². The standard InChI is InChI=1S/C13H15F3N4O2/c14-13(15,16)9-1-2-19(7-9)10-3-17-11(18-4-10)8-5-20(6-8)12(21)22/h3-4,8-9H,1-2,5-7H2,(H,21,22). The molecule has 6 nitrogen and oxygen atoms in total. The minimum Gasteiger partial charge on any atom is -0.465 e. The molecular weight excluding hydrogens is 301 g/mol. The van der Waals surface area contributed by atoms with Gasteiger partial charge in [-0.3, -0.25) is 0 Å². The van der Waals surface area contributed by atoms with Gasteiger partial charge in [-0.15, -0.1) is 0 Å². The van der Waals surface area contributed by atoms with Crippen LogP contribution >= 0.6 is 0 Å². The summed E-state index contributed by atoms with van der Waals surface area (Å²) in [6, 6.07) is 0. The molecule has 0 bridgehead atoms. The molecule has 0 aromatic carbocycles. The lowest BCUT2D eigenvalue weighted by Gasteiger charge is -2.35. The second-order valence-electron chi connectivity index (χ2n) is 5.66. The van der Waals surface area contributed by atoms with Gasteiger partial charge in [-0.2, -0.15) is 13.2 Å². The van der Waals surface area contributed by atoms with Gasteiger partial charge < -0.3 is 14.9 Å². The molecule has 120 valence electrons. The van der Waals surface area contributed by atoms with Crippen molar-refractivity contribution in [1.29, 1.82) is 0 Å². The van der Waals surface area contributed by atoms with Gasteiger partial charge in [0.05, 0.1) is 29.9 Å². The molecule has 0 radical (unpaired) electrons. The quantitative estimate of drug-likeness (QED) is 0.903. The van der Waals surface area contributed by atoms with Gasteiger partial charge in [-0.05, 0) is 6.42 Å². The molecule has 1 atom stereocenters. The van der Waals surface area contributed by atoms with Crippen LogP contribution in [0.4, 0.5) is 23.7 Å². The summed E-state index contributed by atoms with van der Waals surface area (Å²) < 4.78 is 38.0. The Kier molecular flexibility index (Phi) is 3.57. The van der Waals surface area contributed by atoms with E-state index in [9.17, 15) is 18.0 Å². The first-order valence-electron chi connectivity index (χ1n) is 6.96. The first-order chi connectivity index (χ1) is 10.3. The molecular formula is C13H15F3N4O2. The van der Waals surface area contributed by atoms with Gasteiger partial charge in [-0.25, -0.2) is 14.8 Å². The highest BCUT2D eigenvalue weighted by Gasteiger charge is 2.43. The number of hydrogen-bond acceptors (Lipinski definition) is 4. The summed E-state index contributed by atoms with van der Waals surface area (Å²) in [7, 11) is 0. The smallest absolute Gasteiger partial charge is 0.407 e. The second-order valence-corrected chi connectivity index (χ2v) is 5.66. The van der Waals surface area contributed by atoms with E-state index in [0.29, 0.717) is 31.1 Å². The van der Waals surface area contributed by atoms with Crippen LogP contribution in [0.5, 0.6) is 0 Å². The average Bonchev–Trinajstić information content (AvgIpc) is 2.86. The fourth-order valence-electron chi connectivity index (χ4n) is 2.77. The van der Waals surface area contributed by atoms with Gasteiger partial charge in [0.15, 0.2) is 0 Å². The number of likely N-dealkylation sites (tertiary alicyclic amines) is 1. The monoisotopic (exact) mass is 316 g/mol. The van der Waals surface area contributed by atoms with E-state index in [0.717, 1.165) is 0 Å². The Morgan fingerprint density at radius 3 is 2.36 bits per heavy atom. The van der Waals surface area contributed by atoms with Crippen molar-refractivity contribution >= 4 is 11.8 Å². The SMILES string of the molecule is O=C(O)N1CC(c2ncc(N3CCC(C(F)(F)F)C3)cn2)C1. The first-order valence-corrected chi connectivity index (χ1v) is 6.96. The lowest BCUT2D eigenvalue weighted by Crippen LogP contribution is -2.48. The predicted molar refractivity (Wildman–Crippen MR) is 70.7 cm³/mol. The lowest BCUT2D eigenvalue weighted by molar-refractivity contribution is -0.168. The van der Waals surface area contributed by atoms with Crippen LogP contribution in [-0.2, 0) is 0 Å². The molecule has 1 aromatic heterocycles. The van der Waals surface area contributed by atoms with E-state index < -0.39 is 18.2 Å². The molecule has 1 unspecified atom stereocenters. The number of nitrogens with zero attached hydrogens (tertiary/aromatic N) is 4. The highest BCUT2D eigenvalue weighted by atomic mass is 19.4. The summed E-state index contributed by atoms with van der Waals surface area (Å²) >= 11 is 0. The molecule has 0 aliphatic carbocycles. The summed E-state index contributed by atoms with van der Waals surface area (Å²) in [5.41, 5.74) is 0.574. The number of carbonyl (C=O) groups is 1. The van der Waals surface area contributed by atoms with Gasteiger partial charge in [0.2, 0.25) is 0 Å². The normalized spacial score (nSPS) is 22.8. The maximum Gasteiger partial charge on any atom is 0.407 e. The third kappa shape index (κ3) is 2.79. The largest absolute Gasteiger partial charge is 0.465 e. The molecule has 2 fully saturated rings. The van der Waals surface area contributed by atoms with Crippen LogP contribution in [0.25, 0.3) is 0 Å². The van der Waals surface area contributed by atoms with Gasteiger partial charge in [-0.1, -0.05) is 0 Å². The van der Waals surface area contributed by atoms with Gasteiger partial charge >= 0.3 is 12.3 Å². The highest BCUT2D eigenvalue weighted by Crippen LogP contribution is 2.35. The van der Waals surface area contributed by atoms with E-state index in [1.807, 2.05) is 0 Å². The second kappa shape index (κ2) is 5.29. The Morgan fingerprint density at radius 2 is 1.86 bits per heavy atom. The summed E-state index contributed by atoms with van der Waals surface area (Å²) in [4.78, 5) is 21.9. The highest BCUT2D eigenvalue weighted by molar-refractivity contribution is 5.66. The third-order valence-corrected chi connectivity index (χ3v) is 4.19. The fraction of sp³-hybridized carbons (Fsp3) is 0.615. The van der Waals surface area contributed by atoms with Crippen LogP contribution in [0.3, 0.4) is 0 Å². The van der Waals surface area contributed by atoms with Gasteiger partial charge in [0.25, 0.3) is 0 Å². The van der Waals surface area contributed by atoms with Gasteiger partial charge in [0, 0.05) is 26.2 Å². The van der Waals surface area contributed by atoms with E-state index in [1.165, 1.54) is 17.3 Å². The predicted octanol–water partition coefficient (Wildman–Crippen LogP) is 1.94. The zero-order valence-electron chi connectivity index (χ0n) is 11.6. The molecule has 2 aliphatic heterocycles. The molecule has 2 aliphatic rings. The molecule has 1 amide bonds. The summed E-state index contributed by atoms with van der Waals surface area (Å²) in [6.45, 7) is 0.981. The molecule has 0 spiro atoms. The van der Waals surface area contributed by atoms with Crippen LogP contribution in [0.1, 0.15) is 18.2 Å². The number of amides is 1. The number of hydrogen-bond donors (Lipinski definition) is 1. The molecule has 0 saturated carbocycles. The van der Waals surface area contributed by atoms with Crippen LogP contribution in [0.15, 0.2) is 12.4 Å². The van der Waals surface area contributed by atoms with Crippen LogP contribution in [-0.4, -0.2) is 58.4 Å². The minimum atomic E-state index is -4.16. The summed E-state index contributed by atoms with van der Waals surface area (Å²) in [5, 5.41) is 8.76. The fourth-order valence-corrected chi connectivity index (χ4v) is 2.77. The van der Waals surface area contributed by atoms with E-state index in [-0.39, 0.29) is 18.9 Å². The van der Waals surface area contributed by atoms with Crippen molar-refractivity contribution in [2.45, 2.75) is 18.5 Å². The number of rotatable bonds is 2. The average molecular weight is 316 g/mol. The maximum absolute atomic E-state index is 12.7. The lowest BCUT2D eigenvalue weighted by atomic mass is 10.00. The summed E-state index contributed by atoms with van der Waals surface area (Å²) in [5.74, 6) is -0.803. The molecule has 3 rings (SSSR count). The third-order valence-electron chi connectivity index (χ3n) is 4.19. The van der Waals surface area contributed by atoms with Crippen molar-refractivity contribution < 1.29 is 23.1 Å². The van der Waals surface area contributed by atoms with Crippen molar-refractivity contribution in [3.05, 3.63) is 18.2 Å². The summed E-state index contributed by atoms with van der Waals surface area (Å²) in [6.07, 6.45) is -2.01. The number of carboxylic acid groups (broad SMARTS) is 1. The topological polar surface area (TPSA) is 69.6 Å². The Balaban J connectivity index is 1.60. The van der Waals surface area contributed by atoms with E-state index in [1.54, 1.807) is 4.90 Å². The van der Waals surface area contributed by atoms with Crippen LogP contribution in [0.2, 0.25) is 0 Å². The Labute approximate surface area is 124 Å². The van der Waals surface area contributed by atoms with Crippen molar-refractivity contribution in [1.82, 2.24) is 14.9 Å². The number of halogens is 3. The molecule has 3 heterocycles. The zero-order valence-corrected chi connectivity index (χ0v) is 11.6. The van der Waals surface area contributed by atoms with Crippen LogP contribution in [0, 0.1) is 5.92 Å². The van der Waals surface area contributed by atoms with Gasteiger partial charge in [0.1, 0.15) is 5.82 Å². The van der Waals surface area contributed by atoms with Crippen molar-refractivity contribution in [2.75, 3.05) is 31.1 Å². The minimum absolute atomic E-state index is 0.0355. The number of alkyl halides is 3. The Hall–Kier alpha value is -2.06. The van der Waals surface area contributed by atoms with E-state index in [2.05, 4.69) is 9.97 Å². The molecule has 2 saturated heterocycles. The number of aromatic nitrogens is 2. The molecule has 22 heavy (non-hydrogen) atoms. The maximum atomic E-state index is 12.7. The zero-order chi connectivity index (χ0) is 15.9. The molecule has 9 heteroatoms. The molecule has 1 aromatic rings. The van der Waals surface area contributed by atoms with Crippen LogP contribution < -0.4 is 4.90 Å². The molecule has 1 N–H and O–H groups in total. The van der Waals surface area contributed by atoms with Crippen molar-refractivity contribution in [3.63, 3.8) is 0 Å². The van der Waals surface area contributed by atoms with E-state index >= 15 is 0 Å². The Bertz CT molecular complexity index is 557. The van der Waals surface area contributed by atoms with Crippen molar-refractivity contribution in [2.24, 2.45) is 5.92 Å². The first kappa shape index (κ1) is 14.9. The number of anilines is 1. The Morgan fingerprint density at radius 1 is 1.23 bits per heavy atom.